The summed E-state index contributed by atoms with van der Waals surface area (Å²) in [6.45, 7) is 3.97. The van der Waals surface area contributed by atoms with E-state index in [2.05, 4.69) is 10.3 Å². The van der Waals surface area contributed by atoms with Crippen LogP contribution in [-0.4, -0.2) is 16.7 Å². The van der Waals surface area contributed by atoms with Crippen LogP contribution in [0.3, 0.4) is 0 Å². The largest absolute Gasteiger partial charge is 0.456 e. The first-order valence-electron chi connectivity index (χ1n) is 9.83. The van der Waals surface area contributed by atoms with Gasteiger partial charge in [0.2, 0.25) is 0 Å². The Labute approximate surface area is 171 Å². The van der Waals surface area contributed by atoms with E-state index in [4.69, 9.17) is 4.42 Å². The first-order chi connectivity index (χ1) is 14.3. The highest BCUT2D eigenvalue weighted by Crippen LogP contribution is 2.34. The monoisotopic (exact) mass is 400 g/mol. The van der Waals surface area contributed by atoms with E-state index in [1.54, 1.807) is 12.1 Å². The minimum atomic E-state index is -0.563. The Bertz CT molecular complexity index is 1410. The summed E-state index contributed by atoms with van der Waals surface area (Å²) < 4.78 is 5.85. The lowest BCUT2D eigenvalue weighted by atomic mass is 9.75. The van der Waals surface area contributed by atoms with Gasteiger partial charge in [0.15, 0.2) is 5.78 Å². The number of H-pyrrole nitrogens is 1. The number of hydrogen-bond donors (Lipinski definition) is 2. The topological polar surface area (TPSA) is 92.2 Å². The lowest BCUT2D eigenvalue weighted by Gasteiger charge is -2.29. The standard InChI is InChI=1S/C24H20N2O4/c1-24(2)11-18-16(19(27)12-24)10-17(23(29)26-18)22(28)25-13-7-8-15-14-5-3-4-6-20(14)30-21(15)9-13/h3-10H,11-12H2,1-2H3,(H,25,28)(H,26,29). The molecule has 30 heavy (non-hydrogen) atoms. The zero-order valence-corrected chi connectivity index (χ0v) is 16.7. The Morgan fingerprint density at radius 2 is 1.77 bits per heavy atom. The van der Waals surface area contributed by atoms with Gasteiger partial charge in [-0.3, -0.25) is 14.4 Å². The van der Waals surface area contributed by atoms with E-state index in [-0.39, 0.29) is 16.8 Å². The molecule has 150 valence electrons. The molecule has 2 N–H and O–H groups in total. The quantitative estimate of drug-likeness (QED) is 0.511. The van der Waals surface area contributed by atoms with Crippen LogP contribution in [0.4, 0.5) is 5.69 Å². The molecule has 0 saturated carbocycles. The number of carbonyl (C=O) groups excluding carboxylic acids is 2. The summed E-state index contributed by atoms with van der Waals surface area (Å²) >= 11 is 0. The van der Waals surface area contributed by atoms with Gasteiger partial charge in [0.05, 0.1) is 0 Å². The number of aromatic amines is 1. The third-order valence-corrected chi connectivity index (χ3v) is 5.60. The van der Waals surface area contributed by atoms with E-state index < -0.39 is 11.5 Å². The molecular weight excluding hydrogens is 380 g/mol. The van der Waals surface area contributed by atoms with Crippen molar-refractivity contribution in [1.82, 2.24) is 4.98 Å². The fraction of sp³-hybridized carbons (Fsp3) is 0.208. The van der Waals surface area contributed by atoms with E-state index in [9.17, 15) is 14.4 Å². The molecule has 1 aliphatic carbocycles. The minimum Gasteiger partial charge on any atom is -0.456 e. The Kier molecular flexibility index (Phi) is 3.93. The Morgan fingerprint density at radius 3 is 2.60 bits per heavy atom. The maximum Gasteiger partial charge on any atom is 0.261 e. The number of nitrogens with one attached hydrogen (secondary N) is 2. The predicted octanol–water partition coefficient (Wildman–Crippen LogP) is 4.68. The van der Waals surface area contributed by atoms with Gasteiger partial charge >= 0.3 is 0 Å². The highest BCUT2D eigenvalue weighted by atomic mass is 16.3. The second kappa shape index (κ2) is 6.42. The number of Topliss-reactive ketones (excluding diaryl/α,β-unsaturated/α-hetero) is 1. The first-order valence-corrected chi connectivity index (χ1v) is 9.83. The van der Waals surface area contributed by atoms with Crippen LogP contribution in [0, 0.1) is 5.41 Å². The van der Waals surface area contributed by atoms with Crippen molar-refractivity contribution < 1.29 is 14.0 Å². The van der Waals surface area contributed by atoms with Crippen LogP contribution in [0.1, 0.15) is 46.7 Å². The molecular formula is C24H20N2O4. The van der Waals surface area contributed by atoms with Crippen LogP contribution in [0.5, 0.6) is 0 Å². The second-order valence-corrected chi connectivity index (χ2v) is 8.61. The van der Waals surface area contributed by atoms with Gasteiger partial charge in [-0.05, 0) is 36.1 Å². The molecule has 2 heterocycles. The van der Waals surface area contributed by atoms with Crippen LogP contribution >= 0.6 is 0 Å². The molecule has 1 aliphatic rings. The van der Waals surface area contributed by atoms with Crippen molar-refractivity contribution in [2.24, 2.45) is 5.41 Å². The fourth-order valence-electron chi connectivity index (χ4n) is 4.20. The molecule has 0 aliphatic heterocycles. The summed E-state index contributed by atoms with van der Waals surface area (Å²) in [6.07, 6.45) is 0.976. The molecule has 0 spiro atoms. The summed E-state index contributed by atoms with van der Waals surface area (Å²) in [5.74, 6) is -0.623. The van der Waals surface area contributed by atoms with Gasteiger partial charge in [-0.25, -0.2) is 0 Å². The molecule has 0 fully saturated rings. The first kappa shape index (κ1) is 18.4. The van der Waals surface area contributed by atoms with Crippen LogP contribution in [-0.2, 0) is 6.42 Å². The molecule has 0 bridgehead atoms. The molecule has 2 aromatic heterocycles. The Hall–Kier alpha value is -3.67. The summed E-state index contributed by atoms with van der Waals surface area (Å²) in [5, 5.41) is 4.69. The van der Waals surface area contributed by atoms with Crippen molar-refractivity contribution in [2.45, 2.75) is 26.7 Å². The third-order valence-electron chi connectivity index (χ3n) is 5.60. The van der Waals surface area contributed by atoms with Crippen molar-refractivity contribution in [3.63, 3.8) is 0 Å². The number of para-hydroxylation sites is 1. The summed E-state index contributed by atoms with van der Waals surface area (Å²) in [6, 6.07) is 14.5. The van der Waals surface area contributed by atoms with Crippen LogP contribution in [0.25, 0.3) is 21.9 Å². The van der Waals surface area contributed by atoms with E-state index in [1.165, 1.54) is 6.07 Å². The summed E-state index contributed by atoms with van der Waals surface area (Å²) in [5.41, 5.74) is 2.16. The number of carbonyl (C=O) groups is 2. The van der Waals surface area contributed by atoms with Crippen LogP contribution in [0.15, 0.2) is 57.7 Å². The minimum absolute atomic E-state index is 0.0600. The number of rotatable bonds is 2. The number of amides is 1. The number of benzene rings is 2. The number of hydrogen-bond acceptors (Lipinski definition) is 4. The number of aromatic nitrogens is 1. The molecule has 0 saturated heterocycles. The zero-order chi connectivity index (χ0) is 21.0. The lowest BCUT2D eigenvalue weighted by molar-refractivity contribution is 0.0910. The lowest BCUT2D eigenvalue weighted by Crippen LogP contribution is -2.32. The number of pyridine rings is 1. The Balaban J connectivity index is 1.48. The van der Waals surface area contributed by atoms with Gasteiger partial charge in [0, 0.05) is 40.2 Å². The average Bonchev–Trinajstić information content (AvgIpc) is 3.04. The smallest absolute Gasteiger partial charge is 0.261 e. The SMILES string of the molecule is CC1(C)CC(=O)c2cc(C(=O)Nc3ccc4c(c3)oc3ccccc34)c(=O)[nH]c2C1. The van der Waals surface area contributed by atoms with Crippen LogP contribution < -0.4 is 10.9 Å². The molecule has 4 aromatic rings. The van der Waals surface area contributed by atoms with Crippen molar-refractivity contribution >= 4 is 39.3 Å². The molecule has 0 radical (unpaired) electrons. The molecule has 1 amide bonds. The maximum atomic E-state index is 12.8. The van der Waals surface area contributed by atoms with Gasteiger partial charge in [0.1, 0.15) is 16.7 Å². The molecule has 6 nitrogen and oxygen atoms in total. The third kappa shape index (κ3) is 3.01. The molecule has 0 unspecified atom stereocenters. The average molecular weight is 400 g/mol. The van der Waals surface area contributed by atoms with Gasteiger partial charge in [0.25, 0.3) is 11.5 Å². The zero-order valence-electron chi connectivity index (χ0n) is 16.7. The van der Waals surface area contributed by atoms with Crippen molar-refractivity contribution in [1.29, 1.82) is 0 Å². The second-order valence-electron chi connectivity index (χ2n) is 8.61. The van der Waals surface area contributed by atoms with Gasteiger partial charge in [-0.15, -0.1) is 0 Å². The molecule has 0 atom stereocenters. The van der Waals surface area contributed by atoms with E-state index >= 15 is 0 Å². The Morgan fingerprint density at radius 1 is 1.00 bits per heavy atom. The van der Waals surface area contributed by atoms with Crippen molar-refractivity contribution in [3.05, 3.63) is 75.7 Å². The van der Waals surface area contributed by atoms with Gasteiger partial charge < -0.3 is 14.7 Å². The van der Waals surface area contributed by atoms with Gasteiger partial charge in [-0.2, -0.15) is 0 Å². The summed E-state index contributed by atoms with van der Waals surface area (Å²) in [4.78, 5) is 40.6. The summed E-state index contributed by atoms with van der Waals surface area (Å²) in [7, 11) is 0. The van der Waals surface area contributed by atoms with Crippen molar-refractivity contribution in [3.8, 4) is 0 Å². The number of fused-ring (bicyclic) bond motifs is 4. The number of furan rings is 1. The van der Waals surface area contributed by atoms with Gasteiger partial charge in [-0.1, -0.05) is 32.0 Å². The normalized spacial score (nSPS) is 15.3. The number of ketones is 1. The predicted molar refractivity (Wildman–Crippen MR) is 115 cm³/mol. The van der Waals surface area contributed by atoms with E-state index in [0.29, 0.717) is 35.4 Å². The van der Waals surface area contributed by atoms with Crippen LogP contribution in [0.2, 0.25) is 0 Å². The molecule has 5 rings (SSSR count). The molecule has 6 heteroatoms. The fourth-order valence-corrected chi connectivity index (χ4v) is 4.20. The highest BCUT2D eigenvalue weighted by Gasteiger charge is 2.32. The maximum absolute atomic E-state index is 12.8. The number of anilines is 1. The molecule has 2 aromatic carbocycles. The van der Waals surface area contributed by atoms with E-state index in [0.717, 1.165) is 16.4 Å². The van der Waals surface area contributed by atoms with E-state index in [1.807, 2.05) is 44.2 Å². The highest BCUT2D eigenvalue weighted by molar-refractivity contribution is 6.09. The van der Waals surface area contributed by atoms with Crippen molar-refractivity contribution in [2.75, 3.05) is 5.32 Å².